The van der Waals surface area contributed by atoms with Crippen LogP contribution in [0.1, 0.15) is 11.3 Å². The lowest BCUT2D eigenvalue weighted by Gasteiger charge is -2.15. The number of hydrogen-bond donors (Lipinski definition) is 0. The van der Waals surface area contributed by atoms with Gasteiger partial charge in [-0.15, -0.1) is 0 Å². The maximum Gasteiger partial charge on any atom is 0.308 e. The number of imidazole rings is 1. The molecule has 0 aliphatic rings. The molecule has 1 heterocycles. The van der Waals surface area contributed by atoms with Crippen molar-refractivity contribution in [3.63, 3.8) is 0 Å². The van der Waals surface area contributed by atoms with E-state index in [9.17, 15) is 8.42 Å². The number of rotatable bonds is 6. The van der Waals surface area contributed by atoms with Crippen molar-refractivity contribution in [2.75, 3.05) is 28.3 Å². The number of ether oxygens (including phenoxy) is 2. The summed E-state index contributed by atoms with van der Waals surface area (Å²) in [6.45, 7) is 0. The van der Waals surface area contributed by atoms with Crippen molar-refractivity contribution < 1.29 is 17.9 Å². The van der Waals surface area contributed by atoms with Crippen LogP contribution in [0.3, 0.4) is 0 Å². The van der Waals surface area contributed by atoms with E-state index >= 15 is 0 Å². The molecule has 0 radical (unpaired) electrons. The SMILES string of the molecule is COc1ccc(Cc2c(I)ncn2S(=O)(=O)N(C)C)cc1OC. The summed E-state index contributed by atoms with van der Waals surface area (Å²) in [4.78, 5) is 4.13. The first-order chi connectivity index (χ1) is 10.8. The lowest BCUT2D eigenvalue weighted by Crippen LogP contribution is -2.29. The Morgan fingerprint density at radius 2 is 1.87 bits per heavy atom. The van der Waals surface area contributed by atoms with Crippen molar-refractivity contribution in [1.82, 2.24) is 13.3 Å². The topological polar surface area (TPSA) is 73.7 Å². The van der Waals surface area contributed by atoms with Gasteiger partial charge in [-0.1, -0.05) is 6.07 Å². The van der Waals surface area contributed by atoms with Crippen LogP contribution >= 0.6 is 22.6 Å². The zero-order valence-electron chi connectivity index (χ0n) is 13.3. The van der Waals surface area contributed by atoms with Gasteiger partial charge in [-0.2, -0.15) is 12.7 Å². The van der Waals surface area contributed by atoms with Crippen LogP contribution in [-0.2, 0) is 16.6 Å². The Morgan fingerprint density at radius 1 is 1.22 bits per heavy atom. The Hall–Kier alpha value is -1.33. The minimum Gasteiger partial charge on any atom is -0.493 e. The molecule has 23 heavy (non-hydrogen) atoms. The molecule has 0 aliphatic heterocycles. The van der Waals surface area contributed by atoms with E-state index in [4.69, 9.17) is 9.47 Å². The highest BCUT2D eigenvalue weighted by Gasteiger charge is 2.22. The van der Waals surface area contributed by atoms with Gasteiger partial charge >= 0.3 is 10.2 Å². The van der Waals surface area contributed by atoms with Gasteiger partial charge in [0.2, 0.25) is 0 Å². The molecular formula is C14H18IN3O4S. The van der Waals surface area contributed by atoms with Crippen LogP contribution in [0, 0.1) is 3.70 Å². The van der Waals surface area contributed by atoms with Crippen LogP contribution in [-0.4, -0.2) is 50.0 Å². The van der Waals surface area contributed by atoms with E-state index in [0.717, 1.165) is 9.87 Å². The van der Waals surface area contributed by atoms with Crippen LogP contribution in [0.25, 0.3) is 0 Å². The quantitative estimate of drug-likeness (QED) is 0.626. The zero-order chi connectivity index (χ0) is 17.2. The molecule has 9 heteroatoms. The summed E-state index contributed by atoms with van der Waals surface area (Å²) in [7, 11) is 2.50. The standard InChI is InChI=1S/C14H18IN3O4S/c1-17(2)23(19,20)18-9-16-14(15)11(18)7-10-5-6-12(21-3)13(8-10)22-4/h5-6,8-9H,7H2,1-4H3. The molecule has 0 N–H and O–H groups in total. The minimum absolute atomic E-state index is 0.408. The Kier molecular flexibility index (Phi) is 5.53. The van der Waals surface area contributed by atoms with Gasteiger partial charge in [-0.3, -0.25) is 0 Å². The predicted molar refractivity (Wildman–Crippen MR) is 95.3 cm³/mol. The summed E-state index contributed by atoms with van der Waals surface area (Å²) in [5, 5.41) is 0. The van der Waals surface area contributed by atoms with Crippen molar-refractivity contribution in [3.05, 3.63) is 39.5 Å². The smallest absolute Gasteiger partial charge is 0.308 e. The van der Waals surface area contributed by atoms with E-state index in [2.05, 4.69) is 4.98 Å². The van der Waals surface area contributed by atoms with Crippen molar-refractivity contribution in [2.24, 2.45) is 0 Å². The van der Waals surface area contributed by atoms with Gasteiger partial charge in [0.15, 0.2) is 11.5 Å². The molecular weight excluding hydrogens is 433 g/mol. The lowest BCUT2D eigenvalue weighted by molar-refractivity contribution is 0.354. The van der Waals surface area contributed by atoms with Gasteiger partial charge < -0.3 is 9.47 Å². The largest absolute Gasteiger partial charge is 0.493 e. The molecule has 0 atom stereocenters. The number of nitrogens with zero attached hydrogens (tertiary/aromatic N) is 3. The summed E-state index contributed by atoms with van der Waals surface area (Å²) in [6.07, 6.45) is 1.74. The van der Waals surface area contributed by atoms with Gasteiger partial charge in [0, 0.05) is 20.5 Å². The van der Waals surface area contributed by atoms with Gasteiger partial charge in [0.05, 0.1) is 19.9 Å². The molecule has 0 amide bonds. The highest BCUT2D eigenvalue weighted by molar-refractivity contribution is 14.1. The molecule has 2 aromatic rings. The minimum atomic E-state index is -3.61. The number of benzene rings is 1. The normalized spacial score (nSPS) is 11.7. The maximum atomic E-state index is 12.4. The first-order valence-electron chi connectivity index (χ1n) is 6.67. The Labute approximate surface area is 149 Å². The number of aromatic nitrogens is 2. The monoisotopic (exact) mass is 451 g/mol. The van der Waals surface area contributed by atoms with E-state index in [1.165, 1.54) is 24.4 Å². The molecule has 1 aromatic carbocycles. The van der Waals surface area contributed by atoms with Crippen LogP contribution in [0.2, 0.25) is 0 Å². The van der Waals surface area contributed by atoms with E-state index in [1.54, 1.807) is 20.3 Å². The van der Waals surface area contributed by atoms with Gasteiger partial charge in [0.25, 0.3) is 0 Å². The Morgan fingerprint density at radius 3 is 2.43 bits per heavy atom. The van der Waals surface area contributed by atoms with Gasteiger partial charge in [-0.05, 0) is 40.3 Å². The van der Waals surface area contributed by atoms with Crippen LogP contribution < -0.4 is 9.47 Å². The molecule has 0 fully saturated rings. The molecule has 0 bridgehead atoms. The molecule has 126 valence electrons. The first kappa shape index (κ1) is 18.0. The van der Waals surface area contributed by atoms with Crippen molar-refractivity contribution in [2.45, 2.75) is 6.42 Å². The average molecular weight is 451 g/mol. The Bertz CT molecular complexity index is 802. The van der Waals surface area contributed by atoms with Crippen LogP contribution in [0.5, 0.6) is 11.5 Å². The molecule has 0 saturated heterocycles. The molecule has 1 aromatic heterocycles. The molecule has 0 aliphatic carbocycles. The van der Waals surface area contributed by atoms with Crippen molar-refractivity contribution in [1.29, 1.82) is 0 Å². The molecule has 7 nitrogen and oxygen atoms in total. The van der Waals surface area contributed by atoms with Gasteiger partial charge in [-0.25, -0.2) is 8.96 Å². The van der Waals surface area contributed by atoms with Crippen molar-refractivity contribution >= 4 is 32.8 Å². The molecule has 2 rings (SSSR count). The van der Waals surface area contributed by atoms with E-state index in [-0.39, 0.29) is 0 Å². The van der Waals surface area contributed by atoms with E-state index in [1.807, 2.05) is 34.7 Å². The fourth-order valence-electron chi connectivity index (χ4n) is 2.05. The predicted octanol–water partition coefficient (Wildman–Crippen LogP) is 1.75. The van der Waals surface area contributed by atoms with Gasteiger partial charge in [0.1, 0.15) is 10.0 Å². The summed E-state index contributed by atoms with van der Waals surface area (Å²) >= 11 is 2.03. The lowest BCUT2D eigenvalue weighted by atomic mass is 10.1. The third-order valence-corrected chi connectivity index (χ3v) is 5.95. The second-order valence-electron chi connectivity index (χ2n) is 4.93. The van der Waals surface area contributed by atoms with Crippen LogP contribution in [0.4, 0.5) is 0 Å². The molecule has 0 unspecified atom stereocenters. The zero-order valence-corrected chi connectivity index (χ0v) is 16.3. The summed E-state index contributed by atoms with van der Waals surface area (Å²) in [6, 6.07) is 5.49. The number of methoxy groups -OCH3 is 2. The summed E-state index contributed by atoms with van der Waals surface area (Å²) in [5.41, 5.74) is 1.50. The fraction of sp³-hybridized carbons (Fsp3) is 0.357. The highest BCUT2D eigenvalue weighted by atomic mass is 127. The van der Waals surface area contributed by atoms with Crippen LogP contribution in [0.15, 0.2) is 24.5 Å². The Balaban J connectivity index is 2.44. The number of hydrogen-bond acceptors (Lipinski definition) is 5. The van der Waals surface area contributed by atoms with Crippen molar-refractivity contribution in [3.8, 4) is 11.5 Å². The van der Waals surface area contributed by atoms with E-state index in [0.29, 0.717) is 27.3 Å². The second kappa shape index (κ2) is 7.05. The third-order valence-electron chi connectivity index (χ3n) is 3.31. The maximum absolute atomic E-state index is 12.4. The summed E-state index contributed by atoms with van der Waals surface area (Å²) < 4.78 is 38.3. The molecule has 0 saturated carbocycles. The summed E-state index contributed by atoms with van der Waals surface area (Å²) in [5.74, 6) is 1.22. The second-order valence-corrected chi connectivity index (χ2v) is 7.98. The highest BCUT2D eigenvalue weighted by Crippen LogP contribution is 2.29. The van der Waals surface area contributed by atoms with E-state index < -0.39 is 10.2 Å². The fourth-order valence-corrected chi connectivity index (χ4v) is 3.73. The average Bonchev–Trinajstić information content (AvgIpc) is 2.88. The number of halogens is 1. The first-order valence-corrected chi connectivity index (χ1v) is 9.14. The third kappa shape index (κ3) is 3.61. The molecule has 0 spiro atoms.